The fourth-order valence-corrected chi connectivity index (χ4v) is 8.00. The Morgan fingerprint density at radius 2 is 1.70 bits per heavy atom. The van der Waals surface area contributed by atoms with Crippen LogP contribution in [0.4, 0.5) is 4.39 Å². The minimum atomic E-state index is -1.83. The van der Waals surface area contributed by atoms with E-state index in [-0.39, 0.29) is 32.2 Å². The smallest absolute Gasteiger partial charge is 0.341 e. The first-order valence-electron chi connectivity index (χ1n) is 12.1. The fraction of sp³-hybridized carbons (Fsp3) is 0.731. The first-order valence-corrected chi connectivity index (χ1v) is 15.4. The van der Waals surface area contributed by atoms with Crippen LogP contribution in [0.2, 0.25) is 23.2 Å². The molecule has 0 amide bonds. The molecule has 0 N–H and O–H groups in total. The molecule has 4 nitrogen and oxygen atoms in total. The van der Waals surface area contributed by atoms with Gasteiger partial charge in [-0.25, -0.2) is 9.18 Å². The molecule has 0 spiro atoms. The van der Waals surface area contributed by atoms with Crippen molar-refractivity contribution in [2.45, 2.75) is 77.4 Å². The summed E-state index contributed by atoms with van der Waals surface area (Å²) in [5.74, 6) is -0.0473. The molecule has 4 fully saturated rings. The van der Waals surface area contributed by atoms with E-state index in [0.29, 0.717) is 18.4 Å². The second-order valence-electron chi connectivity index (χ2n) is 12.6. The molecule has 1 aromatic rings. The highest BCUT2D eigenvalue weighted by atomic mass is 35.5. The lowest BCUT2D eigenvalue weighted by atomic mass is 9.44. The number of carbonyl (C=O) groups is 1. The zero-order valence-electron chi connectivity index (χ0n) is 20.9. The lowest BCUT2D eigenvalue weighted by molar-refractivity contribution is -0.139. The van der Waals surface area contributed by atoms with Crippen LogP contribution in [0.3, 0.4) is 0 Å². The van der Waals surface area contributed by atoms with Crippen molar-refractivity contribution < 1.29 is 23.1 Å². The number of hydrogen-bond acceptors (Lipinski definition) is 4. The molecular weight excluding hydrogens is 459 g/mol. The van der Waals surface area contributed by atoms with Gasteiger partial charge in [0.2, 0.25) is 0 Å². The van der Waals surface area contributed by atoms with Crippen LogP contribution in [0.15, 0.2) is 12.1 Å². The van der Waals surface area contributed by atoms with E-state index < -0.39 is 20.1 Å². The molecule has 4 aliphatic carbocycles. The predicted octanol–water partition coefficient (Wildman–Crippen LogP) is 7.25. The van der Waals surface area contributed by atoms with Crippen molar-refractivity contribution in [3.63, 3.8) is 0 Å². The first-order chi connectivity index (χ1) is 15.3. The van der Waals surface area contributed by atoms with Crippen LogP contribution < -0.4 is 4.74 Å². The Balaban J connectivity index is 1.52. The molecular formula is C26H38ClFO4Si. The summed E-state index contributed by atoms with van der Waals surface area (Å²) in [4.78, 5) is 11.9. The summed E-state index contributed by atoms with van der Waals surface area (Å²) in [6.07, 6.45) is 7.07. The van der Waals surface area contributed by atoms with Gasteiger partial charge in [0.15, 0.2) is 19.9 Å². The largest absolute Gasteiger partial charge is 0.490 e. The third kappa shape index (κ3) is 4.85. The molecule has 4 aliphatic rings. The Morgan fingerprint density at radius 3 is 2.24 bits per heavy atom. The van der Waals surface area contributed by atoms with Gasteiger partial charge in [-0.2, -0.15) is 0 Å². The van der Waals surface area contributed by atoms with E-state index in [2.05, 4.69) is 33.9 Å². The van der Waals surface area contributed by atoms with Crippen LogP contribution in [0, 0.1) is 28.5 Å². The average molecular weight is 497 g/mol. The number of carbonyl (C=O) groups excluding carboxylic acids is 1. The molecule has 4 saturated carbocycles. The Kier molecular flexibility index (Phi) is 6.46. The Hall–Kier alpha value is -1.11. The van der Waals surface area contributed by atoms with Gasteiger partial charge in [0, 0.05) is 23.1 Å². The molecule has 1 aromatic carbocycles. The molecule has 2 unspecified atom stereocenters. The van der Waals surface area contributed by atoms with E-state index in [1.54, 1.807) is 0 Å². The molecule has 2 atom stereocenters. The van der Waals surface area contributed by atoms with E-state index in [1.807, 2.05) is 0 Å². The van der Waals surface area contributed by atoms with Gasteiger partial charge in [-0.15, -0.1) is 0 Å². The standard InChI is InChI=1S/C26H38ClFO4Si/c1-24(2,3)33(5,6)32-16-26-12-17-7-18(13-26)11-25(10-17,14-26)15-31-21-9-19(27)8-20(22(21)28)23(29)30-4/h8-9,17-18H,7,10-16H2,1-6H3. The lowest BCUT2D eigenvalue weighted by Crippen LogP contribution is -2.56. The van der Waals surface area contributed by atoms with E-state index in [1.165, 1.54) is 38.5 Å². The molecule has 184 valence electrons. The van der Waals surface area contributed by atoms with E-state index in [9.17, 15) is 9.18 Å². The van der Waals surface area contributed by atoms with E-state index in [4.69, 9.17) is 25.5 Å². The molecule has 7 heteroatoms. The molecule has 0 aromatic heterocycles. The number of ether oxygens (including phenoxy) is 2. The van der Waals surface area contributed by atoms with Crippen molar-refractivity contribution >= 4 is 25.9 Å². The van der Waals surface area contributed by atoms with Crippen LogP contribution in [0.5, 0.6) is 5.75 Å². The zero-order chi connectivity index (χ0) is 24.2. The van der Waals surface area contributed by atoms with Crippen molar-refractivity contribution in [1.29, 1.82) is 0 Å². The fourth-order valence-electron chi connectivity index (χ4n) is 6.70. The van der Waals surface area contributed by atoms with Crippen molar-refractivity contribution in [1.82, 2.24) is 0 Å². The van der Waals surface area contributed by atoms with Gasteiger partial charge in [0.05, 0.1) is 13.7 Å². The Bertz CT molecular complexity index is 912. The topological polar surface area (TPSA) is 44.8 Å². The number of methoxy groups -OCH3 is 1. The maximum atomic E-state index is 15.0. The minimum absolute atomic E-state index is 0.0288. The van der Waals surface area contributed by atoms with Crippen LogP contribution >= 0.6 is 11.6 Å². The second kappa shape index (κ2) is 8.53. The van der Waals surface area contributed by atoms with Crippen LogP contribution in [0.1, 0.15) is 69.7 Å². The zero-order valence-corrected chi connectivity index (χ0v) is 22.6. The Labute approximate surface area is 203 Å². The quantitative estimate of drug-likeness (QED) is 0.294. The Morgan fingerprint density at radius 1 is 1.12 bits per heavy atom. The molecule has 0 saturated heterocycles. The van der Waals surface area contributed by atoms with E-state index in [0.717, 1.165) is 25.9 Å². The van der Waals surface area contributed by atoms with Gasteiger partial charge in [0.1, 0.15) is 5.56 Å². The summed E-state index contributed by atoms with van der Waals surface area (Å²) >= 11 is 6.15. The molecule has 4 bridgehead atoms. The molecule has 0 radical (unpaired) electrons. The first kappa shape index (κ1) is 25.0. The van der Waals surface area contributed by atoms with Gasteiger partial charge in [-0.3, -0.25) is 0 Å². The van der Waals surface area contributed by atoms with Gasteiger partial charge in [-0.05, 0) is 80.0 Å². The summed E-state index contributed by atoms with van der Waals surface area (Å²) in [7, 11) is -0.600. The van der Waals surface area contributed by atoms with Crippen molar-refractivity contribution in [3.8, 4) is 5.75 Å². The third-order valence-corrected chi connectivity index (χ3v) is 13.5. The number of rotatable bonds is 7. The maximum Gasteiger partial charge on any atom is 0.341 e. The monoisotopic (exact) mass is 496 g/mol. The molecule has 0 aliphatic heterocycles. The highest BCUT2D eigenvalue weighted by molar-refractivity contribution is 6.74. The predicted molar refractivity (Wildman–Crippen MR) is 131 cm³/mol. The molecule has 5 rings (SSSR count). The van der Waals surface area contributed by atoms with Crippen LogP contribution in [0.25, 0.3) is 0 Å². The number of hydrogen-bond donors (Lipinski definition) is 0. The number of esters is 1. The van der Waals surface area contributed by atoms with Crippen molar-refractivity contribution in [2.24, 2.45) is 22.7 Å². The summed E-state index contributed by atoms with van der Waals surface area (Å²) in [5, 5.41) is 0.453. The van der Waals surface area contributed by atoms with Gasteiger partial charge in [-0.1, -0.05) is 32.4 Å². The summed E-state index contributed by atoms with van der Waals surface area (Å²) in [6.45, 7) is 12.8. The van der Waals surface area contributed by atoms with Gasteiger partial charge in [0.25, 0.3) is 0 Å². The van der Waals surface area contributed by atoms with Gasteiger partial charge >= 0.3 is 5.97 Å². The second-order valence-corrected chi connectivity index (χ2v) is 17.8. The van der Waals surface area contributed by atoms with Crippen LogP contribution in [-0.4, -0.2) is 34.6 Å². The summed E-state index contributed by atoms with van der Waals surface area (Å²) in [5.41, 5.74) is 0.0402. The number of halogens is 2. The minimum Gasteiger partial charge on any atom is -0.490 e. The van der Waals surface area contributed by atoms with Crippen molar-refractivity contribution in [2.75, 3.05) is 20.3 Å². The van der Waals surface area contributed by atoms with Gasteiger partial charge < -0.3 is 13.9 Å². The molecule has 33 heavy (non-hydrogen) atoms. The summed E-state index contributed by atoms with van der Waals surface area (Å²) in [6, 6.07) is 2.74. The van der Waals surface area contributed by atoms with Crippen molar-refractivity contribution in [3.05, 3.63) is 28.5 Å². The van der Waals surface area contributed by atoms with Crippen LogP contribution in [-0.2, 0) is 9.16 Å². The number of benzene rings is 1. The lowest BCUT2D eigenvalue weighted by Gasteiger charge is -2.62. The maximum absolute atomic E-state index is 15.0. The normalized spacial score (nSPS) is 31.0. The highest BCUT2D eigenvalue weighted by Crippen LogP contribution is 2.65. The average Bonchev–Trinajstić information content (AvgIpc) is 2.70. The van der Waals surface area contributed by atoms with E-state index >= 15 is 0 Å². The third-order valence-electron chi connectivity index (χ3n) is 8.79. The highest BCUT2D eigenvalue weighted by Gasteiger charge is 2.58. The summed E-state index contributed by atoms with van der Waals surface area (Å²) < 4.78 is 32.5. The SMILES string of the molecule is COC(=O)c1cc(Cl)cc(OCC23CC4CC(C2)CC(CO[Si](C)(C)C(C)(C)C)(C4)C3)c1F. The molecule has 0 heterocycles.